The second kappa shape index (κ2) is 9.10. The van der Waals surface area contributed by atoms with Crippen molar-refractivity contribution < 1.29 is 9.21 Å². The summed E-state index contributed by atoms with van der Waals surface area (Å²) >= 11 is 2.83. The monoisotopic (exact) mass is 437 g/mol. The molecule has 4 aromatic rings. The minimum atomic E-state index is -0.435. The number of carbonyl (C=O) groups excluding carboxylic acids is 1. The summed E-state index contributed by atoms with van der Waals surface area (Å²) in [4.78, 5) is 14.9. The normalized spacial score (nSPS) is 11.9. The Balaban J connectivity index is 1.45. The molecule has 1 unspecified atom stereocenters. The molecule has 2 heterocycles. The molecule has 3 N–H and O–H groups in total. The maximum atomic E-state index is 12.8. The van der Waals surface area contributed by atoms with Crippen LogP contribution in [0.2, 0.25) is 0 Å². The topological polar surface area (TPSA) is 99.0 Å². The molecular weight excluding hydrogens is 418 g/mol. The molecule has 0 saturated carbocycles. The van der Waals surface area contributed by atoms with Crippen molar-refractivity contribution in [3.8, 4) is 11.6 Å². The molecule has 0 radical (unpaired) electrons. The summed E-state index contributed by atoms with van der Waals surface area (Å²) in [5, 5.41) is 11.1. The highest BCUT2D eigenvalue weighted by Crippen LogP contribution is 2.34. The second-order valence-corrected chi connectivity index (χ2v) is 8.74. The second-order valence-electron chi connectivity index (χ2n) is 6.31. The van der Waals surface area contributed by atoms with E-state index in [1.54, 1.807) is 30.8 Å². The number of nitrogens with two attached hydrogens (primary N) is 1. The Morgan fingerprint density at radius 2 is 1.83 bits per heavy atom. The zero-order valence-corrected chi connectivity index (χ0v) is 17.7. The maximum absolute atomic E-state index is 12.8. The zero-order valence-electron chi connectivity index (χ0n) is 16.1. The van der Waals surface area contributed by atoms with Gasteiger partial charge in [0, 0.05) is 9.79 Å². The van der Waals surface area contributed by atoms with Gasteiger partial charge in [-0.15, -0.1) is 10.2 Å². The van der Waals surface area contributed by atoms with E-state index in [1.807, 2.05) is 54.6 Å². The van der Waals surface area contributed by atoms with Gasteiger partial charge in [-0.05, 0) is 43.3 Å². The molecule has 0 spiro atoms. The summed E-state index contributed by atoms with van der Waals surface area (Å²) in [7, 11) is 0. The molecule has 0 aliphatic carbocycles. The molecule has 4 rings (SSSR count). The van der Waals surface area contributed by atoms with Gasteiger partial charge in [-0.3, -0.25) is 4.79 Å². The van der Waals surface area contributed by atoms with Gasteiger partial charge < -0.3 is 15.6 Å². The van der Waals surface area contributed by atoms with E-state index in [4.69, 9.17) is 10.3 Å². The number of para-hydroxylation sites is 1. The lowest BCUT2D eigenvalue weighted by molar-refractivity contribution is -0.115. The van der Waals surface area contributed by atoms with Crippen LogP contribution < -0.4 is 11.2 Å². The van der Waals surface area contributed by atoms with Gasteiger partial charge in [0.25, 0.3) is 0 Å². The van der Waals surface area contributed by atoms with Gasteiger partial charge in [-0.1, -0.05) is 53.9 Å². The van der Waals surface area contributed by atoms with Crippen LogP contribution in [0.4, 0.5) is 5.69 Å². The van der Waals surface area contributed by atoms with E-state index in [0.717, 1.165) is 15.5 Å². The first kappa shape index (κ1) is 20.1. The van der Waals surface area contributed by atoms with Crippen molar-refractivity contribution in [3.63, 3.8) is 0 Å². The van der Waals surface area contributed by atoms with Gasteiger partial charge in [0.1, 0.15) is 0 Å². The number of aromatic nitrogens is 3. The van der Waals surface area contributed by atoms with E-state index in [0.29, 0.717) is 16.7 Å². The number of hydrogen-bond acceptors (Lipinski definition) is 7. The number of carbonyl (C=O) groups is 1. The third-order valence-corrected chi connectivity index (χ3v) is 6.31. The SMILES string of the molecule is CC(Sc1nnc(-c2ccco2)n1N)C(=O)Nc1ccccc1Sc1ccccc1. The van der Waals surface area contributed by atoms with E-state index in [-0.39, 0.29) is 5.91 Å². The van der Waals surface area contributed by atoms with Crippen LogP contribution in [0.1, 0.15) is 6.92 Å². The Hall–Kier alpha value is -3.17. The predicted molar refractivity (Wildman–Crippen MR) is 119 cm³/mol. The van der Waals surface area contributed by atoms with Gasteiger partial charge in [0.05, 0.1) is 17.2 Å². The number of thioether (sulfide) groups is 1. The van der Waals surface area contributed by atoms with Crippen molar-refractivity contribution in [2.24, 2.45) is 0 Å². The summed E-state index contributed by atoms with van der Waals surface area (Å²) in [6, 6.07) is 21.2. The van der Waals surface area contributed by atoms with Crippen LogP contribution in [0.5, 0.6) is 0 Å². The smallest absolute Gasteiger partial charge is 0.237 e. The maximum Gasteiger partial charge on any atom is 0.237 e. The number of nitrogen functional groups attached to an aromatic ring is 1. The number of benzene rings is 2. The molecule has 0 fully saturated rings. The van der Waals surface area contributed by atoms with E-state index in [1.165, 1.54) is 22.7 Å². The van der Waals surface area contributed by atoms with Gasteiger partial charge in [-0.2, -0.15) is 0 Å². The lowest BCUT2D eigenvalue weighted by Gasteiger charge is -2.14. The first-order valence-electron chi connectivity index (χ1n) is 9.15. The average molecular weight is 438 g/mol. The van der Waals surface area contributed by atoms with Gasteiger partial charge in [-0.25, -0.2) is 4.68 Å². The van der Waals surface area contributed by atoms with Crippen LogP contribution in [0.25, 0.3) is 11.6 Å². The fourth-order valence-corrected chi connectivity index (χ4v) is 4.34. The highest BCUT2D eigenvalue weighted by molar-refractivity contribution is 8.00. The highest BCUT2D eigenvalue weighted by atomic mass is 32.2. The Labute approximate surface area is 182 Å². The summed E-state index contributed by atoms with van der Waals surface area (Å²) < 4.78 is 6.64. The van der Waals surface area contributed by atoms with E-state index in [2.05, 4.69) is 15.5 Å². The molecule has 152 valence electrons. The Bertz CT molecular complexity index is 1130. The van der Waals surface area contributed by atoms with E-state index >= 15 is 0 Å². The first-order chi connectivity index (χ1) is 14.6. The van der Waals surface area contributed by atoms with Crippen LogP contribution in [-0.2, 0) is 4.79 Å². The summed E-state index contributed by atoms with van der Waals surface area (Å²) in [6.07, 6.45) is 1.54. The highest BCUT2D eigenvalue weighted by Gasteiger charge is 2.21. The molecule has 7 nitrogen and oxygen atoms in total. The van der Waals surface area contributed by atoms with Crippen molar-refractivity contribution in [2.75, 3.05) is 11.2 Å². The van der Waals surface area contributed by atoms with E-state index in [9.17, 15) is 4.79 Å². The number of hydrogen-bond donors (Lipinski definition) is 2. The molecule has 0 aliphatic heterocycles. The lowest BCUT2D eigenvalue weighted by Crippen LogP contribution is -2.24. The molecule has 2 aromatic carbocycles. The van der Waals surface area contributed by atoms with Crippen molar-refractivity contribution in [1.82, 2.24) is 14.9 Å². The van der Waals surface area contributed by atoms with Gasteiger partial charge in [0.15, 0.2) is 5.76 Å². The summed E-state index contributed by atoms with van der Waals surface area (Å²) in [5.74, 6) is 6.85. The van der Waals surface area contributed by atoms with E-state index < -0.39 is 5.25 Å². The quantitative estimate of drug-likeness (QED) is 0.324. The van der Waals surface area contributed by atoms with Gasteiger partial charge in [0.2, 0.25) is 16.9 Å². The van der Waals surface area contributed by atoms with Crippen molar-refractivity contribution in [2.45, 2.75) is 27.1 Å². The Kier molecular flexibility index (Phi) is 6.10. The van der Waals surface area contributed by atoms with Gasteiger partial charge >= 0.3 is 0 Å². The number of furan rings is 1. The third-order valence-electron chi connectivity index (χ3n) is 4.17. The first-order valence-corrected chi connectivity index (χ1v) is 10.9. The lowest BCUT2D eigenvalue weighted by atomic mass is 10.3. The molecule has 0 bridgehead atoms. The van der Waals surface area contributed by atoms with Crippen molar-refractivity contribution in [3.05, 3.63) is 73.0 Å². The molecule has 1 atom stereocenters. The minimum absolute atomic E-state index is 0.149. The van der Waals surface area contributed by atoms with Crippen molar-refractivity contribution >= 4 is 35.1 Å². The average Bonchev–Trinajstić information content (AvgIpc) is 3.40. The van der Waals surface area contributed by atoms with Crippen LogP contribution in [0, 0.1) is 0 Å². The largest absolute Gasteiger partial charge is 0.461 e. The number of amides is 1. The number of nitrogens with one attached hydrogen (secondary N) is 1. The molecular formula is C21H19N5O2S2. The molecule has 1 amide bonds. The third kappa shape index (κ3) is 4.52. The minimum Gasteiger partial charge on any atom is -0.461 e. The summed E-state index contributed by atoms with van der Waals surface area (Å²) in [6.45, 7) is 1.80. The van der Waals surface area contributed by atoms with Crippen LogP contribution in [0.15, 0.2) is 92.4 Å². The standard InChI is InChI=1S/C21H19N5O2S2/c1-14(29-21-25-24-19(26(21)22)17-11-7-13-28-17)20(27)23-16-10-5-6-12-18(16)30-15-8-3-2-4-9-15/h2-14H,22H2,1H3,(H,23,27). The molecule has 0 aliphatic rings. The number of nitrogens with zero attached hydrogens (tertiary/aromatic N) is 3. The molecule has 30 heavy (non-hydrogen) atoms. The number of anilines is 1. The van der Waals surface area contributed by atoms with Crippen LogP contribution >= 0.6 is 23.5 Å². The molecule has 0 saturated heterocycles. The number of rotatable bonds is 7. The molecule has 2 aromatic heterocycles. The fraction of sp³-hybridized carbons (Fsp3) is 0.0952. The predicted octanol–water partition coefficient (Wildman–Crippen LogP) is 4.52. The Morgan fingerprint density at radius 3 is 2.60 bits per heavy atom. The summed E-state index contributed by atoms with van der Waals surface area (Å²) in [5.41, 5.74) is 0.759. The van der Waals surface area contributed by atoms with Crippen LogP contribution in [0.3, 0.4) is 0 Å². The Morgan fingerprint density at radius 1 is 1.07 bits per heavy atom. The fourth-order valence-electron chi connectivity index (χ4n) is 2.65. The van der Waals surface area contributed by atoms with Crippen molar-refractivity contribution in [1.29, 1.82) is 0 Å². The van der Waals surface area contributed by atoms with Crippen LogP contribution in [-0.4, -0.2) is 26.0 Å². The zero-order chi connectivity index (χ0) is 20.9. The molecule has 9 heteroatoms.